The topological polar surface area (TPSA) is 157 Å². The molecule has 402 valence electrons. The van der Waals surface area contributed by atoms with Crippen LogP contribution in [0.3, 0.4) is 0 Å². The largest absolute Gasteiger partial charge is 0.508 e. The van der Waals surface area contributed by atoms with Gasteiger partial charge in [0.15, 0.2) is 0 Å². The van der Waals surface area contributed by atoms with Crippen LogP contribution in [0.2, 0.25) is 0 Å². The van der Waals surface area contributed by atoms with Crippen LogP contribution in [0.15, 0.2) is 142 Å². The Kier molecular flexibility index (Phi) is 14.6. The molecule has 4 aliphatic carbocycles. The Hall–Kier alpha value is -7.00. The number of rotatable bonds is 10. The summed E-state index contributed by atoms with van der Waals surface area (Å²) in [7, 11) is 10.1. The van der Waals surface area contributed by atoms with Crippen LogP contribution in [0.1, 0.15) is 121 Å². The second-order valence-corrected chi connectivity index (χ2v) is 22.9. The SMILES string of the molecule is C.COc1ccc(C2C3c4c(Br)c(OC)cc(OC)c4[C@@H](c4ccc(OC)cc4)C2(Br)c2c(Br)c(OC)cc(OC)c23)cc1.Cc1ccc(C2C3c4cc(O)cc(O)c4[C@@H](c4ccc(O)cc4)C2c2cc(O)cc(O)c23)cc1. The van der Waals surface area contributed by atoms with Crippen molar-refractivity contribution in [2.24, 2.45) is 0 Å². The summed E-state index contributed by atoms with van der Waals surface area (Å²) in [6.07, 6.45) is 0. The summed E-state index contributed by atoms with van der Waals surface area (Å²) < 4.78 is 36.2. The molecule has 0 saturated carbocycles. The van der Waals surface area contributed by atoms with Crippen molar-refractivity contribution in [3.8, 4) is 63.2 Å². The quantitative estimate of drug-likeness (QED) is 0.0831. The molecule has 8 aromatic carbocycles. The molecule has 4 aliphatic rings. The molecule has 0 fully saturated rings. The maximum atomic E-state index is 11.1. The Morgan fingerprint density at radius 2 is 0.885 bits per heavy atom. The van der Waals surface area contributed by atoms with Crippen LogP contribution in [-0.2, 0) is 4.32 Å². The van der Waals surface area contributed by atoms with Crippen molar-refractivity contribution in [2.45, 2.75) is 60.1 Å². The third kappa shape index (κ3) is 8.39. The monoisotopic (exact) mass is 1240 g/mol. The van der Waals surface area contributed by atoms with E-state index in [-0.39, 0.29) is 77.6 Å². The Bertz CT molecular complexity index is 3590. The summed E-state index contributed by atoms with van der Waals surface area (Å²) in [5, 5.41) is 52.8. The molecule has 0 amide bonds. The highest BCUT2D eigenvalue weighted by Crippen LogP contribution is 2.76. The molecule has 0 aromatic heterocycles. The molecular formula is C64H59Br3O11. The number of methoxy groups -OCH3 is 6. The van der Waals surface area contributed by atoms with E-state index in [2.05, 4.69) is 96.3 Å². The number of phenolic OH excluding ortho intramolecular Hbond substituents is 5. The van der Waals surface area contributed by atoms with Gasteiger partial charge in [-0.3, -0.25) is 0 Å². The minimum Gasteiger partial charge on any atom is -0.508 e. The summed E-state index contributed by atoms with van der Waals surface area (Å²) in [6.45, 7) is 2.03. The van der Waals surface area contributed by atoms with Gasteiger partial charge in [-0.2, -0.15) is 0 Å². The first-order valence-corrected chi connectivity index (χ1v) is 27.3. The van der Waals surface area contributed by atoms with Crippen LogP contribution in [0.5, 0.6) is 63.2 Å². The van der Waals surface area contributed by atoms with E-state index in [1.165, 1.54) is 12.1 Å². The van der Waals surface area contributed by atoms with E-state index in [0.717, 1.165) is 93.1 Å². The number of aromatic hydroxyl groups is 5. The highest BCUT2D eigenvalue weighted by molar-refractivity contribution is 9.11. The average molecular weight is 1240 g/mol. The number of alkyl halides is 1. The first-order valence-electron chi connectivity index (χ1n) is 24.9. The lowest BCUT2D eigenvalue weighted by Crippen LogP contribution is -2.38. The zero-order chi connectivity index (χ0) is 54.4. The molecule has 8 atom stereocenters. The second-order valence-electron chi connectivity index (χ2n) is 20.0. The normalized spacial score (nSPS) is 21.5. The summed E-state index contributed by atoms with van der Waals surface area (Å²) in [5.74, 6) is 3.11. The Morgan fingerprint density at radius 3 is 1.42 bits per heavy atom. The van der Waals surface area contributed by atoms with Crippen LogP contribution >= 0.6 is 47.8 Å². The molecule has 12 rings (SSSR count). The average Bonchev–Trinajstić information content (AvgIpc) is 2.24. The minimum atomic E-state index is -0.675. The van der Waals surface area contributed by atoms with Gasteiger partial charge >= 0.3 is 0 Å². The number of fused-ring (bicyclic) bond motifs is 14. The predicted molar refractivity (Wildman–Crippen MR) is 312 cm³/mol. The molecule has 5 N–H and O–H groups in total. The first-order chi connectivity index (χ1) is 37.1. The number of hydrogen-bond acceptors (Lipinski definition) is 11. The van der Waals surface area contributed by atoms with Crippen LogP contribution in [0, 0.1) is 6.92 Å². The Morgan fingerprint density at radius 1 is 0.410 bits per heavy atom. The number of benzene rings is 8. The van der Waals surface area contributed by atoms with Gasteiger partial charge in [-0.25, -0.2) is 0 Å². The van der Waals surface area contributed by atoms with E-state index in [0.29, 0.717) is 22.6 Å². The Labute approximate surface area is 479 Å². The van der Waals surface area contributed by atoms with Crippen molar-refractivity contribution >= 4 is 47.8 Å². The van der Waals surface area contributed by atoms with Gasteiger partial charge in [0.05, 0.1) is 55.9 Å². The summed E-state index contributed by atoms with van der Waals surface area (Å²) in [6, 6.07) is 41.8. The van der Waals surface area contributed by atoms with Gasteiger partial charge in [-0.05, 0) is 132 Å². The molecular weight excluding hydrogens is 1180 g/mol. The lowest BCUT2D eigenvalue weighted by Gasteiger charge is -2.46. The molecule has 4 bridgehead atoms. The molecule has 0 spiro atoms. The molecule has 6 unspecified atom stereocenters. The van der Waals surface area contributed by atoms with E-state index >= 15 is 0 Å². The fraction of sp³-hybridized carbons (Fsp3) is 0.250. The minimum absolute atomic E-state index is 0. The van der Waals surface area contributed by atoms with Crippen molar-refractivity contribution < 1.29 is 54.0 Å². The molecule has 14 heteroatoms. The van der Waals surface area contributed by atoms with Gasteiger partial charge in [0.25, 0.3) is 0 Å². The maximum absolute atomic E-state index is 11.1. The van der Waals surface area contributed by atoms with Gasteiger partial charge in [-0.1, -0.05) is 89.6 Å². The fourth-order valence-corrected chi connectivity index (χ4v) is 16.5. The van der Waals surface area contributed by atoms with Crippen molar-refractivity contribution in [2.75, 3.05) is 42.7 Å². The van der Waals surface area contributed by atoms with Gasteiger partial charge in [0.1, 0.15) is 63.2 Å². The van der Waals surface area contributed by atoms with E-state index in [1.54, 1.807) is 66.9 Å². The fourth-order valence-electron chi connectivity index (χ4n) is 13.3. The highest BCUT2D eigenvalue weighted by atomic mass is 79.9. The third-order valence-electron chi connectivity index (χ3n) is 16.3. The zero-order valence-corrected chi connectivity index (χ0v) is 47.8. The summed E-state index contributed by atoms with van der Waals surface area (Å²) in [4.78, 5) is 0. The third-order valence-corrected chi connectivity index (χ3v) is 19.2. The smallest absolute Gasteiger partial charge is 0.137 e. The maximum Gasteiger partial charge on any atom is 0.137 e. The summed E-state index contributed by atoms with van der Waals surface area (Å²) >= 11 is 12.4. The number of aryl methyl sites for hydroxylation is 1. The van der Waals surface area contributed by atoms with Crippen LogP contribution < -0.4 is 28.4 Å². The standard InChI is InChI=1S/C34H31Br3O6.C29H24O5.CH4/c1-38-19-11-7-17(8-12-19)29-26-22(41-4)15-23(42-5)32(35)28(26)27-25-21(40-3)16-24(43-6)33(36)31(25)34(29,37)30(27)18-9-13-20(39-2)14-10-18;1-14-2-4-15(5-3-14)25-28-21-11-19(32)13-23(34)27(21)29(25)20-10-18(31)12-22(33)26(20)24(28)16-6-8-17(30)9-7-16;/h7-16,27,29-30H,1-6H3;2-13,24-25,28-34H,1H3;1H4/t27?,29-,30?,34?;24-,25?,28?,29?;/m11./s1. The highest BCUT2D eigenvalue weighted by Gasteiger charge is 2.64. The van der Waals surface area contributed by atoms with Gasteiger partial charge in [0, 0.05) is 87.9 Å². The van der Waals surface area contributed by atoms with Crippen LogP contribution in [0.4, 0.5) is 0 Å². The van der Waals surface area contributed by atoms with E-state index in [1.807, 2.05) is 55.5 Å². The zero-order valence-electron chi connectivity index (χ0n) is 43.1. The van der Waals surface area contributed by atoms with E-state index in [4.69, 9.17) is 28.4 Å². The van der Waals surface area contributed by atoms with E-state index in [9.17, 15) is 25.5 Å². The first kappa shape index (κ1) is 54.4. The van der Waals surface area contributed by atoms with Crippen molar-refractivity contribution in [1.29, 1.82) is 0 Å². The number of ether oxygens (including phenoxy) is 6. The molecule has 0 saturated heterocycles. The van der Waals surface area contributed by atoms with Gasteiger partial charge in [0.2, 0.25) is 0 Å². The lowest BCUT2D eigenvalue weighted by molar-refractivity contribution is 0.363. The van der Waals surface area contributed by atoms with Crippen molar-refractivity contribution in [3.05, 3.63) is 215 Å². The molecule has 0 aliphatic heterocycles. The molecule has 8 aromatic rings. The Balaban J connectivity index is 0.000000179. The van der Waals surface area contributed by atoms with Gasteiger partial charge < -0.3 is 54.0 Å². The van der Waals surface area contributed by atoms with E-state index < -0.39 is 4.32 Å². The van der Waals surface area contributed by atoms with Crippen LogP contribution in [-0.4, -0.2) is 68.2 Å². The molecule has 11 nitrogen and oxygen atoms in total. The number of halogens is 3. The molecule has 78 heavy (non-hydrogen) atoms. The second kappa shape index (κ2) is 21.0. The van der Waals surface area contributed by atoms with Crippen LogP contribution in [0.25, 0.3) is 0 Å². The van der Waals surface area contributed by atoms with Crippen molar-refractivity contribution in [1.82, 2.24) is 0 Å². The summed E-state index contributed by atoms with van der Waals surface area (Å²) in [5.41, 5.74) is 12.6. The lowest BCUT2D eigenvalue weighted by atomic mass is 9.62. The molecule has 0 heterocycles. The number of hydrogen-bond donors (Lipinski definition) is 5. The predicted octanol–water partition coefficient (Wildman–Crippen LogP) is 15.2. The molecule has 0 radical (unpaired) electrons. The van der Waals surface area contributed by atoms with Gasteiger partial charge in [-0.15, -0.1) is 0 Å². The van der Waals surface area contributed by atoms with Crippen molar-refractivity contribution in [3.63, 3.8) is 0 Å². The number of phenols is 5.